The minimum atomic E-state index is -1.26. The van der Waals surface area contributed by atoms with Crippen molar-refractivity contribution >= 4 is 11.6 Å². The van der Waals surface area contributed by atoms with E-state index in [1.165, 1.54) is 0 Å². The standard InChI is InChI=1S/C21H21N3O4/c1-28-14-10-8-13(9-11-14)18-17-7-4-12-23(17)21(19(18)24(26)27)15-5-2-3-6-16(15)22-20(21)25/h2-3,5-6,8-11,17-19H,4,7,12H2,1H3,(H,22,25). The van der Waals surface area contributed by atoms with Crippen LogP contribution in [0.4, 0.5) is 5.69 Å². The Hall–Kier alpha value is -2.93. The van der Waals surface area contributed by atoms with Gasteiger partial charge in [-0.25, -0.2) is 0 Å². The van der Waals surface area contributed by atoms with E-state index >= 15 is 0 Å². The highest BCUT2D eigenvalue weighted by Crippen LogP contribution is 2.57. The first-order chi connectivity index (χ1) is 13.6. The number of fused-ring (bicyclic) bond motifs is 4. The van der Waals surface area contributed by atoms with Crippen LogP contribution < -0.4 is 10.1 Å². The number of methoxy groups -OCH3 is 1. The van der Waals surface area contributed by atoms with Gasteiger partial charge < -0.3 is 10.1 Å². The monoisotopic (exact) mass is 379 g/mol. The summed E-state index contributed by atoms with van der Waals surface area (Å²) in [5.41, 5.74) is 1.03. The number of hydrogen-bond acceptors (Lipinski definition) is 5. The third-order valence-corrected chi connectivity index (χ3v) is 6.59. The molecule has 3 heterocycles. The molecule has 28 heavy (non-hydrogen) atoms. The highest BCUT2D eigenvalue weighted by Gasteiger charge is 2.73. The van der Waals surface area contributed by atoms with Gasteiger partial charge in [-0.15, -0.1) is 0 Å². The fourth-order valence-electron chi connectivity index (χ4n) is 5.60. The van der Waals surface area contributed by atoms with Crippen LogP contribution in [0, 0.1) is 10.1 Å². The molecule has 5 rings (SSSR count). The number of rotatable bonds is 3. The Morgan fingerprint density at radius 2 is 1.96 bits per heavy atom. The van der Waals surface area contributed by atoms with E-state index in [1.54, 1.807) is 7.11 Å². The lowest BCUT2D eigenvalue weighted by Gasteiger charge is -2.32. The summed E-state index contributed by atoms with van der Waals surface area (Å²) in [5, 5.41) is 15.3. The number of benzene rings is 2. The van der Waals surface area contributed by atoms with Gasteiger partial charge in [-0.1, -0.05) is 30.3 Å². The molecule has 2 aromatic rings. The Bertz CT molecular complexity index is 960. The Balaban J connectivity index is 1.72. The number of para-hydroxylation sites is 1. The van der Waals surface area contributed by atoms with Crippen LogP contribution in [0.1, 0.15) is 29.9 Å². The van der Waals surface area contributed by atoms with Crippen molar-refractivity contribution in [3.05, 3.63) is 69.8 Å². The van der Waals surface area contributed by atoms with Crippen LogP contribution in [0.5, 0.6) is 5.75 Å². The maximum atomic E-state index is 13.3. The van der Waals surface area contributed by atoms with Gasteiger partial charge in [0.2, 0.25) is 0 Å². The van der Waals surface area contributed by atoms with Crippen LogP contribution in [-0.2, 0) is 10.3 Å². The zero-order chi connectivity index (χ0) is 19.5. The lowest BCUT2D eigenvalue weighted by molar-refractivity contribution is -0.534. The Morgan fingerprint density at radius 1 is 1.21 bits per heavy atom. The van der Waals surface area contributed by atoms with Crippen LogP contribution >= 0.6 is 0 Å². The summed E-state index contributed by atoms with van der Waals surface area (Å²) in [6, 6.07) is 13.7. The maximum absolute atomic E-state index is 13.3. The van der Waals surface area contributed by atoms with E-state index in [1.807, 2.05) is 48.5 Å². The number of nitrogens with one attached hydrogen (secondary N) is 1. The molecule has 3 aliphatic rings. The van der Waals surface area contributed by atoms with E-state index in [2.05, 4.69) is 10.2 Å². The van der Waals surface area contributed by atoms with E-state index in [-0.39, 0.29) is 22.8 Å². The van der Waals surface area contributed by atoms with Gasteiger partial charge in [-0.05, 0) is 36.6 Å². The van der Waals surface area contributed by atoms with Crippen LogP contribution in [-0.4, -0.2) is 41.5 Å². The van der Waals surface area contributed by atoms with Crippen molar-refractivity contribution in [2.45, 2.75) is 36.4 Å². The van der Waals surface area contributed by atoms with Gasteiger partial charge in [-0.2, -0.15) is 0 Å². The molecule has 0 saturated carbocycles. The fraction of sp³-hybridized carbons (Fsp3) is 0.381. The molecule has 2 saturated heterocycles. The average Bonchev–Trinajstić information content (AvgIpc) is 3.35. The number of amides is 1. The Labute approximate surface area is 162 Å². The van der Waals surface area contributed by atoms with Gasteiger partial charge in [-0.3, -0.25) is 19.8 Å². The molecule has 4 atom stereocenters. The van der Waals surface area contributed by atoms with E-state index in [4.69, 9.17) is 4.74 Å². The number of ether oxygens (including phenoxy) is 1. The number of hydrogen-bond donors (Lipinski definition) is 1. The molecular formula is C21H21N3O4. The molecule has 0 aliphatic carbocycles. The molecule has 0 radical (unpaired) electrons. The predicted octanol–water partition coefficient (Wildman–Crippen LogP) is 2.75. The Morgan fingerprint density at radius 3 is 2.68 bits per heavy atom. The van der Waals surface area contributed by atoms with Crippen molar-refractivity contribution < 1.29 is 14.5 Å². The molecule has 7 nitrogen and oxygen atoms in total. The molecule has 1 amide bonds. The minimum absolute atomic E-state index is 0.0410. The van der Waals surface area contributed by atoms with Gasteiger partial charge in [0.15, 0.2) is 5.54 Å². The van der Waals surface area contributed by atoms with Gasteiger partial charge in [0.25, 0.3) is 11.9 Å². The molecule has 0 aromatic heterocycles. The van der Waals surface area contributed by atoms with E-state index in [0.29, 0.717) is 18.0 Å². The topological polar surface area (TPSA) is 84.7 Å². The zero-order valence-corrected chi connectivity index (χ0v) is 15.5. The van der Waals surface area contributed by atoms with Crippen molar-refractivity contribution in [1.29, 1.82) is 0 Å². The summed E-state index contributed by atoms with van der Waals surface area (Å²) >= 11 is 0. The van der Waals surface area contributed by atoms with Gasteiger partial charge in [0, 0.05) is 28.8 Å². The van der Waals surface area contributed by atoms with Crippen molar-refractivity contribution in [3.63, 3.8) is 0 Å². The Kier molecular flexibility index (Phi) is 3.71. The second-order valence-corrected chi connectivity index (χ2v) is 7.70. The van der Waals surface area contributed by atoms with Gasteiger partial charge >= 0.3 is 0 Å². The summed E-state index contributed by atoms with van der Waals surface area (Å²) in [6.45, 7) is 0.684. The molecule has 1 N–H and O–H groups in total. The summed E-state index contributed by atoms with van der Waals surface area (Å²) in [4.78, 5) is 27.6. The van der Waals surface area contributed by atoms with Crippen molar-refractivity contribution in [2.24, 2.45) is 0 Å². The maximum Gasteiger partial charge on any atom is 0.256 e. The first kappa shape index (κ1) is 17.2. The summed E-state index contributed by atoms with van der Waals surface area (Å²) in [7, 11) is 1.60. The zero-order valence-electron chi connectivity index (χ0n) is 15.5. The number of carbonyl (C=O) groups excluding carboxylic acids is 1. The van der Waals surface area contributed by atoms with Crippen LogP contribution in [0.2, 0.25) is 0 Å². The van der Waals surface area contributed by atoms with Gasteiger partial charge in [0.05, 0.1) is 13.0 Å². The summed E-state index contributed by atoms with van der Waals surface area (Å²) < 4.78 is 5.24. The lowest BCUT2D eigenvalue weighted by atomic mass is 9.77. The largest absolute Gasteiger partial charge is 0.497 e. The first-order valence-corrected chi connectivity index (χ1v) is 9.54. The molecule has 2 fully saturated rings. The number of anilines is 1. The van der Waals surface area contributed by atoms with E-state index < -0.39 is 11.6 Å². The summed E-state index contributed by atoms with van der Waals surface area (Å²) in [5.74, 6) is 0.0694. The predicted molar refractivity (Wildman–Crippen MR) is 103 cm³/mol. The number of nitro groups is 1. The van der Waals surface area contributed by atoms with Crippen LogP contribution in [0.25, 0.3) is 0 Å². The van der Waals surface area contributed by atoms with Gasteiger partial charge in [0.1, 0.15) is 5.75 Å². The number of carbonyl (C=O) groups is 1. The third-order valence-electron chi connectivity index (χ3n) is 6.59. The lowest BCUT2D eigenvalue weighted by Crippen LogP contribution is -2.55. The first-order valence-electron chi connectivity index (χ1n) is 9.54. The minimum Gasteiger partial charge on any atom is -0.497 e. The van der Waals surface area contributed by atoms with Crippen LogP contribution in [0.3, 0.4) is 0 Å². The second kappa shape index (κ2) is 6.04. The average molecular weight is 379 g/mol. The summed E-state index contributed by atoms with van der Waals surface area (Å²) in [6.07, 6.45) is 1.77. The molecule has 3 aliphatic heterocycles. The molecule has 2 aromatic carbocycles. The van der Waals surface area contributed by atoms with Crippen molar-refractivity contribution in [3.8, 4) is 5.75 Å². The highest BCUT2D eigenvalue weighted by molar-refractivity contribution is 6.07. The molecule has 1 spiro atoms. The smallest absolute Gasteiger partial charge is 0.256 e. The van der Waals surface area contributed by atoms with E-state index in [0.717, 1.165) is 24.0 Å². The third kappa shape index (κ3) is 2.05. The molecule has 144 valence electrons. The van der Waals surface area contributed by atoms with Crippen molar-refractivity contribution in [1.82, 2.24) is 4.90 Å². The molecule has 7 heteroatoms. The van der Waals surface area contributed by atoms with E-state index in [9.17, 15) is 14.9 Å². The fourth-order valence-corrected chi connectivity index (χ4v) is 5.60. The number of nitrogens with zero attached hydrogens (tertiary/aromatic N) is 2. The molecular weight excluding hydrogens is 358 g/mol. The van der Waals surface area contributed by atoms with Crippen LogP contribution in [0.15, 0.2) is 48.5 Å². The van der Waals surface area contributed by atoms with Crippen molar-refractivity contribution in [2.75, 3.05) is 19.0 Å². The molecule has 4 unspecified atom stereocenters. The normalized spacial score (nSPS) is 30.9. The quantitative estimate of drug-likeness (QED) is 0.655. The highest BCUT2D eigenvalue weighted by atomic mass is 16.6. The molecule has 0 bridgehead atoms. The second-order valence-electron chi connectivity index (χ2n) is 7.70. The SMILES string of the molecule is COc1ccc(C2C3CCCN3C3(C(=O)Nc4ccccc43)C2[N+](=O)[O-])cc1.